The summed E-state index contributed by atoms with van der Waals surface area (Å²) in [5.41, 5.74) is 0.753. The van der Waals surface area contributed by atoms with Crippen LogP contribution in [0.5, 0.6) is 0 Å². The number of hydrogen-bond donors (Lipinski definition) is 1. The van der Waals surface area contributed by atoms with Crippen molar-refractivity contribution in [2.45, 2.75) is 25.7 Å². The fourth-order valence-electron chi connectivity index (χ4n) is 2.01. The highest BCUT2D eigenvalue weighted by Gasteiger charge is 2.52. The largest absolute Gasteiger partial charge is 0.313 e. The van der Waals surface area contributed by atoms with E-state index >= 15 is 0 Å². The molecule has 1 nitrogen and oxygen atoms in total. The van der Waals surface area contributed by atoms with Crippen molar-refractivity contribution in [3.63, 3.8) is 0 Å². The third-order valence-electron chi connectivity index (χ3n) is 3.10. The van der Waals surface area contributed by atoms with E-state index in [1.807, 2.05) is 6.08 Å². The van der Waals surface area contributed by atoms with Gasteiger partial charge >= 0.3 is 0 Å². The lowest BCUT2D eigenvalue weighted by atomic mass is 10.0. The van der Waals surface area contributed by atoms with E-state index < -0.39 is 0 Å². The number of rotatable bonds is 5. The standard InChI is InChI=1S/C10H17N/c1-2-7-11-8-10(5-6-10)9-3-4-9/h2,9,11H,1,3-8H2. The van der Waals surface area contributed by atoms with Gasteiger partial charge in [0.2, 0.25) is 0 Å². The van der Waals surface area contributed by atoms with Crippen LogP contribution in [0.1, 0.15) is 25.7 Å². The van der Waals surface area contributed by atoms with Crippen LogP contribution in [0.3, 0.4) is 0 Å². The smallest absolute Gasteiger partial charge is 0.0132 e. The molecule has 2 aliphatic carbocycles. The van der Waals surface area contributed by atoms with Gasteiger partial charge in [0.25, 0.3) is 0 Å². The summed E-state index contributed by atoms with van der Waals surface area (Å²) in [6.07, 6.45) is 7.89. The first-order valence-corrected chi connectivity index (χ1v) is 4.69. The van der Waals surface area contributed by atoms with Crippen molar-refractivity contribution in [2.75, 3.05) is 13.1 Å². The lowest BCUT2D eigenvalue weighted by molar-refractivity contribution is 0.413. The molecule has 2 fully saturated rings. The Morgan fingerprint density at radius 2 is 2.18 bits per heavy atom. The van der Waals surface area contributed by atoms with Crippen LogP contribution < -0.4 is 5.32 Å². The molecule has 62 valence electrons. The molecule has 2 rings (SSSR count). The molecule has 0 aromatic heterocycles. The zero-order valence-electron chi connectivity index (χ0n) is 7.10. The first kappa shape index (κ1) is 7.35. The highest BCUT2D eigenvalue weighted by molar-refractivity contribution is 5.05. The lowest BCUT2D eigenvalue weighted by Gasteiger charge is -2.13. The quantitative estimate of drug-likeness (QED) is 0.468. The van der Waals surface area contributed by atoms with Gasteiger partial charge in [-0.3, -0.25) is 0 Å². The van der Waals surface area contributed by atoms with E-state index in [1.165, 1.54) is 32.2 Å². The summed E-state index contributed by atoms with van der Waals surface area (Å²) in [7, 11) is 0. The Hall–Kier alpha value is -0.300. The third kappa shape index (κ3) is 1.48. The van der Waals surface area contributed by atoms with Gasteiger partial charge in [-0.05, 0) is 37.0 Å². The van der Waals surface area contributed by atoms with Crippen LogP contribution in [0, 0.1) is 11.3 Å². The van der Waals surface area contributed by atoms with Crippen LogP contribution in [-0.2, 0) is 0 Å². The maximum absolute atomic E-state index is 3.70. The van der Waals surface area contributed by atoms with Crippen molar-refractivity contribution in [3.8, 4) is 0 Å². The van der Waals surface area contributed by atoms with Gasteiger partial charge in [0.1, 0.15) is 0 Å². The molecular formula is C10H17N. The van der Waals surface area contributed by atoms with Crippen molar-refractivity contribution in [1.82, 2.24) is 5.32 Å². The molecule has 1 N–H and O–H groups in total. The first-order chi connectivity index (χ1) is 5.37. The van der Waals surface area contributed by atoms with Gasteiger partial charge in [-0.15, -0.1) is 6.58 Å². The monoisotopic (exact) mass is 151 g/mol. The second kappa shape index (κ2) is 2.63. The molecular weight excluding hydrogens is 134 g/mol. The number of nitrogens with one attached hydrogen (secondary N) is 1. The van der Waals surface area contributed by atoms with Crippen LogP contribution in [0.2, 0.25) is 0 Å². The predicted octanol–water partition coefficient (Wildman–Crippen LogP) is 1.95. The van der Waals surface area contributed by atoms with Gasteiger partial charge < -0.3 is 5.32 Å². The highest BCUT2D eigenvalue weighted by Crippen LogP contribution is 2.60. The minimum absolute atomic E-state index is 0.753. The molecule has 0 aromatic carbocycles. The molecule has 0 spiro atoms. The Labute approximate surface area is 68.9 Å². The van der Waals surface area contributed by atoms with E-state index in [0.717, 1.165) is 17.9 Å². The maximum atomic E-state index is 3.70. The molecule has 0 bridgehead atoms. The van der Waals surface area contributed by atoms with Crippen LogP contribution in [-0.4, -0.2) is 13.1 Å². The molecule has 0 aliphatic heterocycles. The third-order valence-corrected chi connectivity index (χ3v) is 3.10. The van der Waals surface area contributed by atoms with Crippen LogP contribution >= 0.6 is 0 Å². The Balaban J connectivity index is 1.71. The summed E-state index contributed by atoms with van der Waals surface area (Å²) in [4.78, 5) is 0. The van der Waals surface area contributed by atoms with Gasteiger partial charge in [-0.25, -0.2) is 0 Å². The highest BCUT2D eigenvalue weighted by atomic mass is 14.9. The molecule has 2 aliphatic rings. The summed E-state index contributed by atoms with van der Waals surface area (Å²) in [6, 6.07) is 0. The molecule has 0 radical (unpaired) electrons. The average molecular weight is 151 g/mol. The Morgan fingerprint density at radius 1 is 1.45 bits per heavy atom. The van der Waals surface area contributed by atoms with Crippen molar-refractivity contribution < 1.29 is 0 Å². The second-order valence-electron chi connectivity index (χ2n) is 4.06. The molecule has 0 heterocycles. The molecule has 2 saturated carbocycles. The van der Waals surface area contributed by atoms with Gasteiger partial charge in [0.05, 0.1) is 0 Å². The van der Waals surface area contributed by atoms with Crippen molar-refractivity contribution in [2.24, 2.45) is 11.3 Å². The molecule has 0 amide bonds. The zero-order chi connectivity index (χ0) is 7.73. The summed E-state index contributed by atoms with van der Waals surface area (Å²) < 4.78 is 0. The van der Waals surface area contributed by atoms with Gasteiger partial charge in [-0.2, -0.15) is 0 Å². The fourth-order valence-corrected chi connectivity index (χ4v) is 2.01. The predicted molar refractivity (Wildman–Crippen MR) is 47.5 cm³/mol. The van der Waals surface area contributed by atoms with Crippen molar-refractivity contribution in [3.05, 3.63) is 12.7 Å². The fraction of sp³-hybridized carbons (Fsp3) is 0.800. The lowest BCUT2D eigenvalue weighted by Crippen LogP contribution is -2.25. The summed E-state index contributed by atoms with van der Waals surface area (Å²) in [5.74, 6) is 1.08. The minimum atomic E-state index is 0.753. The first-order valence-electron chi connectivity index (χ1n) is 4.69. The van der Waals surface area contributed by atoms with Crippen LogP contribution in [0.15, 0.2) is 12.7 Å². The molecule has 0 aromatic rings. The molecule has 0 atom stereocenters. The van der Waals surface area contributed by atoms with E-state index in [9.17, 15) is 0 Å². The summed E-state index contributed by atoms with van der Waals surface area (Å²) in [5, 5.41) is 3.44. The molecule has 0 unspecified atom stereocenters. The van der Waals surface area contributed by atoms with Crippen LogP contribution in [0.25, 0.3) is 0 Å². The zero-order valence-corrected chi connectivity index (χ0v) is 7.10. The number of hydrogen-bond acceptors (Lipinski definition) is 1. The van der Waals surface area contributed by atoms with Crippen LogP contribution in [0.4, 0.5) is 0 Å². The van der Waals surface area contributed by atoms with E-state index in [0.29, 0.717) is 0 Å². The molecule has 1 heteroatoms. The van der Waals surface area contributed by atoms with Gasteiger partial charge in [0.15, 0.2) is 0 Å². The maximum Gasteiger partial charge on any atom is 0.0132 e. The summed E-state index contributed by atoms with van der Waals surface area (Å²) >= 11 is 0. The van der Waals surface area contributed by atoms with Crippen molar-refractivity contribution >= 4 is 0 Å². The second-order valence-corrected chi connectivity index (χ2v) is 4.06. The van der Waals surface area contributed by atoms with E-state index in [1.54, 1.807) is 0 Å². The minimum Gasteiger partial charge on any atom is -0.313 e. The van der Waals surface area contributed by atoms with E-state index in [-0.39, 0.29) is 0 Å². The molecule has 0 saturated heterocycles. The Bertz CT molecular complexity index is 154. The van der Waals surface area contributed by atoms with Crippen molar-refractivity contribution in [1.29, 1.82) is 0 Å². The SMILES string of the molecule is C=CCNCC1(C2CC2)CC1. The van der Waals surface area contributed by atoms with E-state index in [2.05, 4.69) is 11.9 Å². The van der Waals surface area contributed by atoms with Gasteiger partial charge in [0, 0.05) is 13.1 Å². The normalized spacial score (nSPS) is 26.5. The Morgan fingerprint density at radius 3 is 2.64 bits per heavy atom. The average Bonchev–Trinajstić information content (AvgIpc) is 2.84. The Kier molecular flexibility index (Phi) is 1.76. The van der Waals surface area contributed by atoms with E-state index in [4.69, 9.17) is 0 Å². The topological polar surface area (TPSA) is 12.0 Å². The summed E-state index contributed by atoms with van der Waals surface area (Å²) in [6.45, 7) is 5.92. The molecule has 11 heavy (non-hydrogen) atoms. The van der Waals surface area contributed by atoms with Gasteiger partial charge in [-0.1, -0.05) is 6.08 Å².